The van der Waals surface area contributed by atoms with Gasteiger partial charge in [-0.1, -0.05) is 35.5 Å². The van der Waals surface area contributed by atoms with Crippen molar-refractivity contribution in [3.63, 3.8) is 0 Å². The van der Waals surface area contributed by atoms with E-state index in [1.54, 1.807) is 0 Å². The maximum absolute atomic E-state index is 9.50. The van der Waals surface area contributed by atoms with Crippen LogP contribution in [0.1, 0.15) is 38.2 Å². The van der Waals surface area contributed by atoms with E-state index in [1.165, 1.54) is 5.56 Å². The summed E-state index contributed by atoms with van der Waals surface area (Å²) in [6.07, 6.45) is 1.60. The summed E-state index contributed by atoms with van der Waals surface area (Å²) in [5.74, 6) is 0.610. The number of hydrogen-bond donors (Lipinski definition) is 2. The summed E-state index contributed by atoms with van der Waals surface area (Å²) in [5.41, 5.74) is 8.25. The molecule has 1 aromatic carbocycles. The van der Waals surface area contributed by atoms with Gasteiger partial charge in [-0.25, -0.2) is 9.98 Å². The highest BCUT2D eigenvalue weighted by Gasteiger charge is 2.49. The number of nitrogens with zero attached hydrogens (tertiary/aromatic N) is 3. The van der Waals surface area contributed by atoms with Crippen LogP contribution in [0.15, 0.2) is 45.5 Å². The Morgan fingerprint density at radius 2 is 2.05 bits per heavy atom. The molecule has 1 fully saturated rings. The monoisotopic (exact) mass is 284 g/mol. The van der Waals surface area contributed by atoms with Crippen molar-refractivity contribution in [2.45, 2.75) is 38.6 Å². The lowest BCUT2D eigenvalue weighted by Gasteiger charge is -2.44. The zero-order valence-electron chi connectivity index (χ0n) is 12.3. The van der Waals surface area contributed by atoms with Crippen molar-refractivity contribution in [3.05, 3.63) is 35.9 Å². The van der Waals surface area contributed by atoms with Gasteiger partial charge in [-0.05, 0) is 38.2 Å². The summed E-state index contributed by atoms with van der Waals surface area (Å²) in [7, 11) is 0. The second kappa shape index (κ2) is 4.98. The van der Waals surface area contributed by atoms with E-state index in [2.05, 4.69) is 27.3 Å². The maximum atomic E-state index is 9.50. The fourth-order valence-corrected chi connectivity index (χ4v) is 3.46. The summed E-state index contributed by atoms with van der Waals surface area (Å²) in [6.45, 7) is 3.98. The molecular formula is C16H20N4O. The number of rotatable bonds is 1. The van der Waals surface area contributed by atoms with Crippen molar-refractivity contribution >= 4 is 17.4 Å². The van der Waals surface area contributed by atoms with E-state index in [0.717, 1.165) is 24.3 Å². The number of hydrogen-bond acceptors (Lipinski definition) is 5. The highest BCUT2D eigenvalue weighted by Crippen LogP contribution is 2.45. The Bertz CT molecular complexity index is 635. The minimum absolute atomic E-state index is 0.0279. The van der Waals surface area contributed by atoms with E-state index in [1.807, 2.05) is 32.0 Å². The first-order chi connectivity index (χ1) is 10.1. The molecular weight excluding hydrogens is 264 g/mol. The van der Waals surface area contributed by atoms with E-state index in [9.17, 15) is 5.21 Å². The van der Waals surface area contributed by atoms with Crippen LogP contribution in [-0.4, -0.2) is 28.6 Å². The largest absolute Gasteiger partial charge is 0.411 e. The van der Waals surface area contributed by atoms with Gasteiger partial charge in [-0.3, -0.25) is 0 Å². The Morgan fingerprint density at radius 3 is 2.71 bits per heavy atom. The van der Waals surface area contributed by atoms with Gasteiger partial charge in [-0.2, -0.15) is 0 Å². The molecule has 3 rings (SSSR count). The molecule has 0 bridgehead atoms. The molecule has 3 N–H and O–H groups in total. The van der Waals surface area contributed by atoms with Gasteiger partial charge in [0.05, 0.1) is 17.2 Å². The molecule has 1 heterocycles. The third-order valence-electron chi connectivity index (χ3n) is 4.93. The van der Waals surface area contributed by atoms with Gasteiger partial charge in [0.25, 0.3) is 0 Å². The Balaban J connectivity index is 2.00. The molecule has 3 unspecified atom stereocenters. The number of oxime groups is 1. The third-order valence-corrected chi connectivity index (χ3v) is 4.93. The topological polar surface area (TPSA) is 83.3 Å². The number of nitrogens with two attached hydrogens (primary N) is 1. The first kappa shape index (κ1) is 13.8. The molecule has 1 saturated carbocycles. The molecule has 0 radical (unpaired) electrons. The minimum atomic E-state index is -0.428. The van der Waals surface area contributed by atoms with E-state index in [4.69, 9.17) is 5.73 Å². The molecule has 2 aliphatic rings. The lowest BCUT2D eigenvalue weighted by molar-refractivity contribution is 0.293. The van der Waals surface area contributed by atoms with Gasteiger partial charge in [0.1, 0.15) is 0 Å². The summed E-state index contributed by atoms with van der Waals surface area (Å²) in [5, 5.41) is 13.1. The number of fused-ring (bicyclic) bond motifs is 1. The molecule has 1 aliphatic heterocycles. The van der Waals surface area contributed by atoms with Gasteiger partial charge in [0.2, 0.25) is 5.96 Å². The SMILES string of the molecule is CC1=NC(N)=NC2CC(c3ccccc3)C/C(=N\O)C12C. The summed E-state index contributed by atoms with van der Waals surface area (Å²) in [4.78, 5) is 8.80. The summed E-state index contributed by atoms with van der Waals surface area (Å²) < 4.78 is 0. The first-order valence-electron chi connectivity index (χ1n) is 7.21. The standard InChI is InChI=1S/C16H20N4O/c1-10-16(2)13(19-15(17)18-10)8-12(9-14(16)20-21)11-6-4-3-5-7-11/h3-7,12-13,21H,8-9H2,1-2H3,(H2,17,19)/b20-14+. The lowest BCUT2D eigenvalue weighted by Crippen LogP contribution is -2.52. The van der Waals surface area contributed by atoms with Gasteiger partial charge in [0.15, 0.2) is 0 Å². The van der Waals surface area contributed by atoms with Crippen LogP contribution in [0, 0.1) is 5.41 Å². The average Bonchev–Trinajstić information content (AvgIpc) is 2.49. The highest BCUT2D eigenvalue weighted by molar-refractivity contribution is 6.15. The maximum Gasteiger partial charge on any atom is 0.215 e. The van der Waals surface area contributed by atoms with Crippen LogP contribution >= 0.6 is 0 Å². The van der Waals surface area contributed by atoms with Crippen molar-refractivity contribution in [2.24, 2.45) is 26.3 Å². The van der Waals surface area contributed by atoms with Crippen molar-refractivity contribution in [1.82, 2.24) is 0 Å². The van der Waals surface area contributed by atoms with E-state index < -0.39 is 5.41 Å². The Kier molecular flexibility index (Phi) is 3.27. The molecule has 1 aliphatic carbocycles. The molecule has 5 nitrogen and oxygen atoms in total. The number of aliphatic imine (C=N–C) groups is 2. The summed E-state index contributed by atoms with van der Waals surface area (Å²) >= 11 is 0. The molecule has 21 heavy (non-hydrogen) atoms. The van der Waals surface area contributed by atoms with Gasteiger partial charge < -0.3 is 10.9 Å². The van der Waals surface area contributed by atoms with Crippen molar-refractivity contribution in [3.8, 4) is 0 Å². The zero-order chi connectivity index (χ0) is 15.0. The van der Waals surface area contributed by atoms with Crippen LogP contribution in [0.2, 0.25) is 0 Å². The molecule has 0 amide bonds. The van der Waals surface area contributed by atoms with E-state index >= 15 is 0 Å². The average molecular weight is 284 g/mol. The quantitative estimate of drug-likeness (QED) is 0.613. The number of benzene rings is 1. The van der Waals surface area contributed by atoms with Crippen LogP contribution in [0.3, 0.4) is 0 Å². The van der Waals surface area contributed by atoms with Crippen LogP contribution in [0.4, 0.5) is 0 Å². The Morgan fingerprint density at radius 1 is 1.33 bits per heavy atom. The van der Waals surface area contributed by atoms with Crippen molar-refractivity contribution in [2.75, 3.05) is 0 Å². The fraction of sp³-hybridized carbons (Fsp3) is 0.438. The predicted octanol–water partition coefficient (Wildman–Crippen LogP) is 2.56. The molecule has 1 aromatic rings. The number of guanidine groups is 1. The molecule has 0 spiro atoms. The summed E-state index contributed by atoms with van der Waals surface area (Å²) in [6, 6.07) is 10.3. The predicted molar refractivity (Wildman–Crippen MR) is 84.3 cm³/mol. The second-order valence-corrected chi connectivity index (χ2v) is 6.00. The van der Waals surface area contributed by atoms with Crippen LogP contribution in [0.5, 0.6) is 0 Å². The van der Waals surface area contributed by atoms with Gasteiger partial charge in [-0.15, -0.1) is 0 Å². The highest BCUT2D eigenvalue weighted by atomic mass is 16.4. The fourth-order valence-electron chi connectivity index (χ4n) is 3.46. The smallest absolute Gasteiger partial charge is 0.215 e. The normalized spacial score (nSPS) is 34.1. The van der Waals surface area contributed by atoms with Gasteiger partial charge in [0, 0.05) is 5.71 Å². The second-order valence-electron chi connectivity index (χ2n) is 6.00. The molecule has 3 atom stereocenters. The zero-order valence-corrected chi connectivity index (χ0v) is 12.3. The van der Waals surface area contributed by atoms with E-state index in [-0.39, 0.29) is 12.0 Å². The lowest BCUT2D eigenvalue weighted by atomic mass is 9.63. The minimum Gasteiger partial charge on any atom is -0.411 e. The first-order valence-corrected chi connectivity index (χ1v) is 7.21. The molecule has 0 aromatic heterocycles. The molecule has 0 saturated heterocycles. The van der Waals surface area contributed by atoms with Crippen molar-refractivity contribution < 1.29 is 5.21 Å². The Hall–Kier alpha value is -2.17. The molecule has 110 valence electrons. The van der Waals surface area contributed by atoms with Crippen LogP contribution < -0.4 is 5.73 Å². The van der Waals surface area contributed by atoms with Crippen LogP contribution in [-0.2, 0) is 0 Å². The molecule has 5 heteroatoms. The van der Waals surface area contributed by atoms with Gasteiger partial charge >= 0.3 is 0 Å². The third kappa shape index (κ3) is 2.13. The Labute approximate surface area is 124 Å². The van der Waals surface area contributed by atoms with Crippen molar-refractivity contribution in [1.29, 1.82) is 0 Å². The van der Waals surface area contributed by atoms with Crippen LogP contribution in [0.25, 0.3) is 0 Å². The van der Waals surface area contributed by atoms with E-state index in [0.29, 0.717) is 5.96 Å².